The first-order chi connectivity index (χ1) is 22.2. The average molecular weight is 663 g/mol. The van der Waals surface area contributed by atoms with Crippen LogP contribution in [0.3, 0.4) is 0 Å². The van der Waals surface area contributed by atoms with E-state index in [2.05, 4.69) is 19.1 Å². The molecule has 0 amide bonds. The Balaban J connectivity index is 1.60. The zero-order valence-corrected chi connectivity index (χ0v) is 27.8. The number of unbranched alkanes of at least 4 members (excludes halogenated alkanes) is 15. The summed E-state index contributed by atoms with van der Waals surface area (Å²) in [6, 6.07) is 0. The van der Waals surface area contributed by atoms with Crippen LogP contribution in [0.4, 0.5) is 0 Å². The number of aliphatic hydroxyl groups excluding tert-OH is 7. The fraction of sp³-hybridized carbons (Fsp3) is 0.912. The van der Waals surface area contributed by atoms with Crippen LogP contribution in [0.2, 0.25) is 0 Å². The number of rotatable bonds is 25. The molecule has 0 unspecified atom stereocenters. The maximum Gasteiger partial charge on any atom is 0.306 e. The van der Waals surface area contributed by atoms with Crippen molar-refractivity contribution in [1.82, 2.24) is 0 Å². The molecule has 0 radical (unpaired) electrons. The third-order valence-electron chi connectivity index (χ3n) is 8.95. The zero-order chi connectivity index (χ0) is 33.8. The molecular weight excluding hydrogens is 600 g/mol. The lowest BCUT2D eigenvalue weighted by Crippen LogP contribution is -2.63. The fourth-order valence-electron chi connectivity index (χ4n) is 6.01. The summed E-state index contributed by atoms with van der Waals surface area (Å²) in [4.78, 5) is 12.6. The SMILES string of the molecule is CCCCCCCC/C=C\CCCCCCCCCCCC(=O)O[C@@H]1[C@@H](O)[C@@H](O[C@]2(CO)O[C@H](CO)[C@@H](O)[C@@H]2O)O[C@H](CO)[C@H]1O. The van der Waals surface area contributed by atoms with Gasteiger partial charge in [0.25, 0.3) is 0 Å². The molecule has 46 heavy (non-hydrogen) atoms. The van der Waals surface area contributed by atoms with E-state index in [-0.39, 0.29) is 6.42 Å². The molecule has 9 atom stereocenters. The van der Waals surface area contributed by atoms with Crippen LogP contribution in [0, 0.1) is 0 Å². The van der Waals surface area contributed by atoms with Crippen molar-refractivity contribution in [2.24, 2.45) is 0 Å². The first-order valence-electron chi connectivity index (χ1n) is 17.6. The van der Waals surface area contributed by atoms with E-state index in [0.29, 0.717) is 6.42 Å². The van der Waals surface area contributed by atoms with Crippen LogP contribution < -0.4 is 0 Å². The zero-order valence-electron chi connectivity index (χ0n) is 27.8. The van der Waals surface area contributed by atoms with Gasteiger partial charge in [-0.25, -0.2) is 0 Å². The Morgan fingerprint density at radius 3 is 1.72 bits per heavy atom. The Morgan fingerprint density at radius 1 is 0.696 bits per heavy atom. The van der Waals surface area contributed by atoms with Crippen molar-refractivity contribution < 1.29 is 59.5 Å². The molecule has 0 aliphatic carbocycles. The van der Waals surface area contributed by atoms with Crippen LogP contribution in [0.1, 0.15) is 122 Å². The number of esters is 1. The lowest BCUT2D eigenvalue weighted by Gasteiger charge is -2.44. The van der Waals surface area contributed by atoms with Gasteiger partial charge in [-0.1, -0.05) is 96.1 Å². The highest BCUT2D eigenvalue weighted by Gasteiger charge is 2.58. The maximum absolute atomic E-state index is 12.6. The molecule has 2 saturated heterocycles. The van der Waals surface area contributed by atoms with Gasteiger partial charge in [-0.05, 0) is 32.1 Å². The van der Waals surface area contributed by atoms with Crippen molar-refractivity contribution in [3.05, 3.63) is 12.2 Å². The van der Waals surface area contributed by atoms with E-state index in [0.717, 1.165) is 25.7 Å². The van der Waals surface area contributed by atoms with Crippen LogP contribution in [-0.2, 0) is 23.7 Å². The summed E-state index contributed by atoms with van der Waals surface area (Å²) in [5.74, 6) is -2.93. The van der Waals surface area contributed by atoms with Crippen molar-refractivity contribution in [3.63, 3.8) is 0 Å². The van der Waals surface area contributed by atoms with Gasteiger partial charge < -0.3 is 54.7 Å². The Bertz CT molecular complexity index is 828. The Labute approximate surface area is 274 Å². The van der Waals surface area contributed by atoms with Gasteiger partial charge in [0.2, 0.25) is 5.79 Å². The minimum Gasteiger partial charge on any atom is -0.456 e. The number of ether oxygens (including phenoxy) is 4. The van der Waals surface area contributed by atoms with Gasteiger partial charge in [0, 0.05) is 6.42 Å². The molecule has 2 fully saturated rings. The maximum atomic E-state index is 12.6. The lowest BCUT2D eigenvalue weighted by molar-refractivity contribution is -0.383. The second kappa shape index (κ2) is 23.2. The van der Waals surface area contributed by atoms with E-state index in [1.54, 1.807) is 0 Å². The molecule has 0 spiro atoms. The summed E-state index contributed by atoms with van der Waals surface area (Å²) in [5, 5.41) is 70.9. The van der Waals surface area contributed by atoms with E-state index in [9.17, 15) is 40.5 Å². The molecule has 12 nitrogen and oxygen atoms in total. The van der Waals surface area contributed by atoms with E-state index < -0.39 is 80.6 Å². The van der Waals surface area contributed by atoms with Crippen LogP contribution in [-0.4, -0.2) is 116 Å². The average Bonchev–Trinajstić information content (AvgIpc) is 3.30. The molecule has 2 aliphatic heterocycles. The molecular formula is C34H62O12. The Hall–Kier alpha value is -1.19. The van der Waals surface area contributed by atoms with Crippen LogP contribution in [0.15, 0.2) is 12.2 Å². The summed E-state index contributed by atoms with van der Waals surface area (Å²) in [6.07, 6.45) is 12.1. The van der Waals surface area contributed by atoms with E-state index >= 15 is 0 Å². The van der Waals surface area contributed by atoms with Crippen LogP contribution in [0.25, 0.3) is 0 Å². The molecule has 0 aromatic heterocycles. The number of hydrogen-bond donors (Lipinski definition) is 7. The van der Waals surface area contributed by atoms with Gasteiger partial charge in [0.1, 0.15) is 43.2 Å². The van der Waals surface area contributed by atoms with Gasteiger partial charge in [-0.3, -0.25) is 4.79 Å². The third kappa shape index (κ3) is 13.4. The summed E-state index contributed by atoms with van der Waals surface area (Å²) < 4.78 is 21.6. The molecule has 2 aliphatic rings. The van der Waals surface area contributed by atoms with E-state index in [1.165, 1.54) is 77.0 Å². The predicted octanol–water partition coefficient (Wildman–Crippen LogP) is 2.75. The smallest absolute Gasteiger partial charge is 0.306 e. The molecule has 12 heteroatoms. The number of aliphatic hydroxyl groups is 7. The fourth-order valence-corrected chi connectivity index (χ4v) is 6.01. The lowest BCUT2D eigenvalue weighted by atomic mass is 9.98. The van der Waals surface area contributed by atoms with Crippen molar-refractivity contribution in [1.29, 1.82) is 0 Å². The van der Waals surface area contributed by atoms with Crippen molar-refractivity contribution >= 4 is 5.97 Å². The molecule has 0 aromatic rings. The van der Waals surface area contributed by atoms with Crippen LogP contribution in [0.5, 0.6) is 0 Å². The minimum atomic E-state index is -2.28. The highest BCUT2D eigenvalue weighted by atomic mass is 16.8. The van der Waals surface area contributed by atoms with Crippen molar-refractivity contribution in [2.75, 3.05) is 19.8 Å². The highest BCUT2D eigenvalue weighted by Crippen LogP contribution is 2.36. The first kappa shape index (κ1) is 41.0. The van der Waals surface area contributed by atoms with E-state index in [1.807, 2.05) is 0 Å². The van der Waals surface area contributed by atoms with Gasteiger partial charge in [0.15, 0.2) is 12.4 Å². The number of carbonyl (C=O) groups is 1. The van der Waals surface area contributed by atoms with Gasteiger partial charge in [-0.15, -0.1) is 0 Å². The molecule has 2 heterocycles. The largest absolute Gasteiger partial charge is 0.456 e. The number of hydrogen-bond acceptors (Lipinski definition) is 12. The normalized spacial score (nSPS) is 31.6. The molecule has 0 aromatic carbocycles. The second-order valence-electron chi connectivity index (χ2n) is 12.8. The van der Waals surface area contributed by atoms with E-state index in [4.69, 9.17) is 18.9 Å². The topological polar surface area (TPSA) is 196 Å². The van der Waals surface area contributed by atoms with Crippen molar-refractivity contribution in [2.45, 2.75) is 177 Å². The number of allylic oxidation sites excluding steroid dienone is 2. The van der Waals surface area contributed by atoms with Gasteiger partial charge in [-0.2, -0.15) is 0 Å². The second-order valence-corrected chi connectivity index (χ2v) is 12.8. The molecule has 2 rings (SSSR count). The quantitative estimate of drug-likeness (QED) is 0.0430. The molecule has 270 valence electrons. The molecule has 0 saturated carbocycles. The summed E-state index contributed by atoms with van der Waals surface area (Å²) in [7, 11) is 0. The van der Waals surface area contributed by atoms with Gasteiger partial charge >= 0.3 is 5.97 Å². The summed E-state index contributed by atoms with van der Waals surface area (Å²) >= 11 is 0. The van der Waals surface area contributed by atoms with Gasteiger partial charge in [0.05, 0.1) is 13.2 Å². The van der Waals surface area contributed by atoms with Crippen LogP contribution >= 0.6 is 0 Å². The molecule has 7 N–H and O–H groups in total. The minimum absolute atomic E-state index is 0.0747. The monoisotopic (exact) mass is 662 g/mol. The Morgan fingerprint density at radius 2 is 1.22 bits per heavy atom. The third-order valence-corrected chi connectivity index (χ3v) is 8.95. The number of carbonyl (C=O) groups excluding carboxylic acids is 1. The predicted molar refractivity (Wildman–Crippen MR) is 170 cm³/mol. The first-order valence-corrected chi connectivity index (χ1v) is 17.6. The summed E-state index contributed by atoms with van der Waals surface area (Å²) in [5.41, 5.74) is 0. The standard InChI is InChI=1S/C34H62O12/c1-2-3-4-5-6-7-8-9-10-11-12-13-14-15-16-17-18-19-20-21-27(38)44-31-28(39)25(22-35)43-33(30(31)41)46-34(24-37)32(42)29(40)26(23-36)45-34/h9-10,25-26,28-33,35-37,39-42H,2-8,11-24H2,1H3/b10-9-/t25-,26-,28-,29-,30-,31+,32+,33-,34+/m1/s1. The molecule has 0 bridgehead atoms. The Kier molecular flexibility index (Phi) is 20.7. The summed E-state index contributed by atoms with van der Waals surface area (Å²) in [6.45, 7) is -0.137. The highest BCUT2D eigenvalue weighted by molar-refractivity contribution is 5.69. The van der Waals surface area contributed by atoms with Crippen molar-refractivity contribution in [3.8, 4) is 0 Å².